The molecule has 0 aliphatic carbocycles. The van der Waals surface area contributed by atoms with Crippen molar-refractivity contribution in [3.05, 3.63) is 87.1 Å². The van der Waals surface area contributed by atoms with Gasteiger partial charge in [0, 0.05) is 18.2 Å². The van der Waals surface area contributed by atoms with E-state index in [4.69, 9.17) is 0 Å². The van der Waals surface area contributed by atoms with Crippen LogP contribution in [-0.2, 0) is 13.6 Å². The van der Waals surface area contributed by atoms with Gasteiger partial charge in [0.25, 0.3) is 5.91 Å². The number of carbonyl (C=O) groups is 2. The van der Waals surface area contributed by atoms with E-state index in [9.17, 15) is 9.59 Å². The van der Waals surface area contributed by atoms with Crippen molar-refractivity contribution < 1.29 is 9.59 Å². The number of rotatable bonds is 5. The second kappa shape index (κ2) is 7.66. The normalized spacial score (nSPS) is 10.6. The predicted octanol–water partition coefficient (Wildman–Crippen LogP) is 3.65. The van der Waals surface area contributed by atoms with E-state index in [1.807, 2.05) is 19.1 Å². The first-order valence-corrected chi connectivity index (χ1v) is 8.91. The summed E-state index contributed by atoms with van der Waals surface area (Å²) >= 11 is 3.41. The minimum Gasteiger partial charge on any atom is -0.346 e. The first-order valence-electron chi connectivity index (χ1n) is 8.12. The smallest absolute Gasteiger partial charge is 0.252 e. The second-order valence-electron chi connectivity index (χ2n) is 5.99. The third-order valence-electron chi connectivity index (χ3n) is 4.16. The summed E-state index contributed by atoms with van der Waals surface area (Å²) in [5.74, 6) is -0.466. The molecule has 1 amide bonds. The Balaban J connectivity index is 1.83. The first-order chi connectivity index (χ1) is 12.5. The topological polar surface area (TPSA) is 64.0 Å². The van der Waals surface area contributed by atoms with E-state index in [2.05, 4.69) is 26.3 Å². The van der Waals surface area contributed by atoms with Crippen LogP contribution in [0.3, 0.4) is 0 Å². The van der Waals surface area contributed by atoms with Crippen LogP contribution in [0.2, 0.25) is 0 Å². The van der Waals surface area contributed by atoms with E-state index in [-0.39, 0.29) is 11.7 Å². The maximum absolute atomic E-state index is 12.8. The van der Waals surface area contributed by atoms with Gasteiger partial charge in [-0.05, 0) is 28.9 Å². The molecule has 0 radical (unpaired) electrons. The van der Waals surface area contributed by atoms with Gasteiger partial charge >= 0.3 is 0 Å². The monoisotopic (exact) mass is 411 g/mol. The molecule has 0 aliphatic heterocycles. The fourth-order valence-electron chi connectivity index (χ4n) is 2.63. The van der Waals surface area contributed by atoms with Crippen molar-refractivity contribution in [3.63, 3.8) is 0 Å². The predicted molar refractivity (Wildman–Crippen MR) is 103 cm³/mol. The third kappa shape index (κ3) is 3.75. The highest BCUT2D eigenvalue weighted by atomic mass is 79.9. The average molecular weight is 412 g/mol. The van der Waals surface area contributed by atoms with Gasteiger partial charge in [0.15, 0.2) is 5.78 Å². The summed E-state index contributed by atoms with van der Waals surface area (Å²) in [6, 6.07) is 14.2. The summed E-state index contributed by atoms with van der Waals surface area (Å²) in [6.07, 6.45) is 1.68. The molecule has 132 valence electrons. The van der Waals surface area contributed by atoms with Crippen LogP contribution in [0.5, 0.6) is 0 Å². The standard InChI is InChI=1S/C20H18BrN3O2/c1-13-7-9-14(10-8-13)19(25)15-5-3-4-6-16(15)20(26)22-12-18-17(21)11-23-24(18)2/h3-11H,12H2,1-2H3,(H,22,26). The molecule has 0 spiro atoms. The van der Waals surface area contributed by atoms with Crippen LogP contribution in [0.15, 0.2) is 59.2 Å². The number of ketones is 1. The number of nitrogens with zero attached hydrogens (tertiary/aromatic N) is 2. The average Bonchev–Trinajstić information content (AvgIpc) is 2.97. The number of hydrogen-bond acceptors (Lipinski definition) is 3. The molecule has 0 saturated heterocycles. The molecule has 3 aromatic rings. The van der Waals surface area contributed by atoms with Gasteiger partial charge in [0.2, 0.25) is 0 Å². The van der Waals surface area contributed by atoms with Crippen LogP contribution in [0.4, 0.5) is 0 Å². The number of carbonyl (C=O) groups excluding carboxylic acids is 2. The lowest BCUT2D eigenvalue weighted by Crippen LogP contribution is -2.26. The fourth-order valence-corrected chi connectivity index (χ4v) is 3.12. The van der Waals surface area contributed by atoms with Gasteiger partial charge in [-0.3, -0.25) is 14.3 Å². The maximum atomic E-state index is 12.8. The minimum absolute atomic E-state index is 0.169. The van der Waals surface area contributed by atoms with Crippen LogP contribution in [0, 0.1) is 6.92 Å². The zero-order valence-electron chi connectivity index (χ0n) is 14.5. The Morgan fingerprint density at radius 2 is 1.73 bits per heavy atom. The third-order valence-corrected chi connectivity index (χ3v) is 4.82. The van der Waals surface area contributed by atoms with Gasteiger partial charge in [-0.25, -0.2) is 0 Å². The number of aromatic nitrogens is 2. The van der Waals surface area contributed by atoms with Gasteiger partial charge < -0.3 is 5.32 Å². The van der Waals surface area contributed by atoms with E-state index >= 15 is 0 Å². The molecule has 1 heterocycles. The van der Waals surface area contributed by atoms with Crippen LogP contribution >= 0.6 is 15.9 Å². The molecule has 3 rings (SSSR count). The van der Waals surface area contributed by atoms with Crippen molar-refractivity contribution in [1.82, 2.24) is 15.1 Å². The molecule has 1 N–H and O–H groups in total. The second-order valence-corrected chi connectivity index (χ2v) is 6.84. The van der Waals surface area contributed by atoms with Crippen LogP contribution in [-0.4, -0.2) is 21.5 Å². The number of benzene rings is 2. The highest BCUT2D eigenvalue weighted by molar-refractivity contribution is 9.10. The summed E-state index contributed by atoms with van der Waals surface area (Å²) in [5.41, 5.74) is 3.23. The molecule has 0 aliphatic rings. The molecule has 2 aromatic carbocycles. The van der Waals surface area contributed by atoms with Gasteiger partial charge in [-0.1, -0.05) is 48.0 Å². The Bertz CT molecular complexity index is 942. The lowest BCUT2D eigenvalue weighted by Gasteiger charge is -2.10. The van der Waals surface area contributed by atoms with E-state index < -0.39 is 0 Å². The number of amides is 1. The van der Waals surface area contributed by atoms with E-state index in [1.165, 1.54) is 0 Å². The van der Waals surface area contributed by atoms with Crippen molar-refractivity contribution >= 4 is 27.6 Å². The molecule has 0 unspecified atom stereocenters. The number of hydrogen-bond donors (Lipinski definition) is 1. The minimum atomic E-state index is -0.297. The lowest BCUT2D eigenvalue weighted by molar-refractivity contribution is 0.0939. The molecular formula is C20H18BrN3O2. The number of aryl methyl sites for hydroxylation is 2. The maximum Gasteiger partial charge on any atom is 0.252 e. The van der Waals surface area contributed by atoms with Gasteiger partial charge in [-0.2, -0.15) is 5.10 Å². The summed E-state index contributed by atoms with van der Waals surface area (Å²) in [7, 11) is 1.81. The number of halogens is 1. The van der Waals surface area contributed by atoms with Crippen molar-refractivity contribution in [2.75, 3.05) is 0 Å². The molecule has 6 heteroatoms. The van der Waals surface area contributed by atoms with E-state index in [1.54, 1.807) is 54.3 Å². The Morgan fingerprint density at radius 1 is 1.08 bits per heavy atom. The van der Waals surface area contributed by atoms with Crippen LogP contribution in [0.25, 0.3) is 0 Å². The van der Waals surface area contributed by atoms with E-state index in [0.29, 0.717) is 23.2 Å². The molecule has 1 aromatic heterocycles. The Kier molecular flexibility index (Phi) is 5.32. The highest BCUT2D eigenvalue weighted by Crippen LogP contribution is 2.17. The zero-order chi connectivity index (χ0) is 18.7. The Labute approximate surface area is 160 Å². The van der Waals surface area contributed by atoms with Crippen LogP contribution in [0.1, 0.15) is 37.5 Å². The number of nitrogens with one attached hydrogen (secondary N) is 1. The molecule has 0 saturated carbocycles. The SMILES string of the molecule is Cc1ccc(C(=O)c2ccccc2C(=O)NCc2c(Br)cnn2C)cc1. The largest absolute Gasteiger partial charge is 0.346 e. The summed E-state index contributed by atoms with van der Waals surface area (Å²) < 4.78 is 2.51. The van der Waals surface area contributed by atoms with Crippen molar-refractivity contribution in [2.45, 2.75) is 13.5 Å². The van der Waals surface area contributed by atoms with Crippen molar-refractivity contribution in [1.29, 1.82) is 0 Å². The van der Waals surface area contributed by atoms with Gasteiger partial charge in [0.1, 0.15) is 0 Å². The summed E-state index contributed by atoms with van der Waals surface area (Å²) in [5, 5.41) is 6.98. The van der Waals surface area contributed by atoms with E-state index in [0.717, 1.165) is 15.7 Å². The molecule has 26 heavy (non-hydrogen) atoms. The van der Waals surface area contributed by atoms with Gasteiger partial charge in [-0.15, -0.1) is 0 Å². The summed E-state index contributed by atoms with van der Waals surface area (Å²) in [4.78, 5) is 25.5. The molecule has 0 atom stereocenters. The fraction of sp³-hybridized carbons (Fsp3) is 0.150. The lowest BCUT2D eigenvalue weighted by atomic mass is 9.97. The highest BCUT2D eigenvalue weighted by Gasteiger charge is 2.18. The van der Waals surface area contributed by atoms with Crippen molar-refractivity contribution in [2.24, 2.45) is 7.05 Å². The quantitative estimate of drug-likeness (QED) is 0.651. The zero-order valence-corrected chi connectivity index (χ0v) is 16.1. The Hall–Kier alpha value is -2.73. The first kappa shape index (κ1) is 18.1. The Morgan fingerprint density at radius 3 is 2.35 bits per heavy atom. The molecule has 0 bridgehead atoms. The van der Waals surface area contributed by atoms with Crippen LogP contribution < -0.4 is 5.32 Å². The summed E-state index contributed by atoms with van der Waals surface area (Å²) in [6.45, 7) is 2.27. The van der Waals surface area contributed by atoms with Gasteiger partial charge in [0.05, 0.1) is 28.5 Å². The molecule has 5 nitrogen and oxygen atoms in total. The molecular weight excluding hydrogens is 394 g/mol. The molecule has 0 fully saturated rings. The van der Waals surface area contributed by atoms with Crippen molar-refractivity contribution in [3.8, 4) is 0 Å².